The van der Waals surface area contributed by atoms with E-state index in [1.54, 1.807) is 0 Å². The topological polar surface area (TPSA) is 41.5 Å². The maximum atomic E-state index is 8.71. The maximum Gasteiger partial charge on any atom is 0.0764 e. The first-order chi connectivity index (χ1) is 7.31. The Morgan fingerprint density at radius 1 is 1.60 bits per heavy atom. The van der Waals surface area contributed by atoms with Gasteiger partial charge in [0.2, 0.25) is 0 Å². The largest absolute Gasteiger partial charge is 0.395 e. The number of nitrogens with one attached hydrogen (secondary N) is 1. The van der Waals surface area contributed by atoms with Gasteiger partial charge in [-0.3, -0.25) is 0 Å². The number of fused-ring (bicyclic) bond motifs is 2. The summed E-state index contributed by atoms with van der Waals surface area (Å²) in [5.41, 5.74) is 1.49. The van der Waals surface area contributed by atoms with Crippen molar-refractivity contribution in [2.75, 3.05) is 26.3 Å². The SMILES string of the molecule is CC1=CC[C@@H]2COC(CNCCO)[C@H]1C2. The van der Waals surface area contributed by atoms with Crippen LogP contribution in [0.2, 0.25) is 0 Å². The monoisotopic (exact) mass is 211 g/mol. The van der Waals surface area contributed by atoms with Gasteiger partial charge in [0.15, 0.2) is 0 Å². The molecule has 1 fully saturated rings. The molecular formula is C12H21NO2. The van der Waals surface area contributed by atoms with Crippen molar-refractivity contribution in [2.24, 2.45) is 11.8 Å². The van der Waals surface area contributed by atoms with Gasteiger partial charge in [-0.25, -0.2) is 0 Å². The van der Waals surface area contributed by atoms with E-state index in [9.17, 15) is 0 Å². The van der Waals surface area contributed by atoms with E-state index in [4.69, 9.17) is 9.84 Å². The first-order valence-electron chi connectivity index (χ1n) is 5.91. The Kier molecular flexibility index (Phi) is 3.78. The normalized spacial score (nSPS) is 35.1. The fraction of sp³-hybridized carbons (Fsp3) is 0.833. The smallest absolute Gasteiger partial charge is 0.0764 e. The van der Waals surface area contributed by atoms with Crippen molar-refractivity contribution in [3.63, 3.8) is 0 Å². The molecule has 1 aliphatic heterocycles. The van der Waals surface area contributed by atoms with Crippen molar-refractivity contribution >= 4 is 0 Å². The van der Waals surface area contributed by atoms with E-state index in [1.165, 1.54) is 18.4 Å². The molecule has 1 saturated heterocycles. The Balaban J connectivity index is 1.89. The van der Waals surface area contributed by atoms with Crippen LogP contribution in [-0.4, -0.2) is 37.5 Å². The fourth-order valence-corrected chi connectivity index (χ4v) is 2.63. The third kappa shape index (κ3) is 2.60. The van der Waals surface area contributed by atoms with Gasteiger partial charge >= 0.3 is 0 Å². The second-order valence-corrected chi connectivity index (χ2v) is 4.69. The average molecular weight is 211 g/mol. The predicted octanol–water partition coefficient (Wildman–Crippen LogP) is 0.940. The molecule has 0 spiro atoms. The molecule has 2 N–H and O–H groups in total. The molecule has 1 heterocycles. The van der Waals surface area contributed by atoms with Gasteiger partial charge < -0.3 is 15.2 Å². The Hall–Kier alpha value is -0.380. The predicted molar refractivity (Wildman–Crippen MR) is 59.7 cm³/mol. The van der Waals surface area contributed by atoms with E-state index >= 15 is 0 Å². The lowest BCUT2D eigenvalue weighted by atomic mass is 9.77. The van der Waals surface area contributed by atoms with Crippen molar-refractivity contribution in [2.45, 2.75) is 25.9 Å². The Bertz CT molecular complexity index is 240. The Labute approximate surface area is 91.5 Å². The molecule has 0 amide bonds. The Morgan fingerprint density at radius 3 is 3.27 bits per heavy atom. The summed E-state index contributed by atoms with van der Waals surface area (Å²) in [6.07, 6.45) is 5.16. The first kappa shape index (κ1) is 11.1. The molecule has 2 bridgehead atoms. The zero-order valence-corrected chi connectivity index (χ0v) is 9.41. The molecular weight excluding hydrogens is 190 g/mol. The minimum atomic E-state index is 0.203. The zero-order chi connectivity index (χ0) is 10.7. The van der Waals surface area contributed by atoms with Gasteiger partial charge in [0.1, 0.15) is 0 Å². The molecule has 3 heteroatoms. The molecule has 0 aromatic carbocycles. The number of rotatable bonds is 4. The second-order valence-electron chi connectivity index (χ2n) is 4.69. The Morgan fingerprint density at radius 2 is 2.47 bits per heavy atom. The minimum Gasteiger partial charge on any atom is -0.395 e. The third-order valence-electron chi connectivity index (χ3n) is 3.57. The van der Waals surface area contributed by atoms with Crippen molar-refractivity contribution in [3.05, 3.63) is 11.6 Å². The van der Waals surface area contributed by atoms with Crippen LogP contribution in [0.3, 0.4) is 0 Å². The van der Waals surface area contributed by atoms with Gasteiger partial charge in [-0.05, 0) is 25.7 Å². The van der Waals surface area contributed by atoms with Gasteiger partial charge in [0.25, 0.3) is 0 Å². The molecule has 15 heavy (non-hydrogen) atoms. The van der Waals surface area contributed by atoms with Gasteiger partial charge in [-0.1, -0.05) is 11.6 Å². The first-order valence-corrected chi connectivity index (χ1v) is 5.91. The number of aliphatic hydroxyl groups is 1. The lowest BCUT2D eigenvalue weighted by Crippen LogP contribution is -2.43. The van der Waals surface area contributed by atoms with Crippen LogP contribution in [0.1, 0.15) is 19.8 Å². The summed E-state index contributed by atoms with van der Waals surface area (Å²) in [7, 11) is 0. The standard InChI is InChI=1S/C12H21NO2/c1-9-2-3-10-6-11(9)12(15-8-10)7-13-4-5-14/h2,10-14H,3-8H2,1H3/t10-,11-,12?/m0/s1. The summed E-state index contributed by atoms with van der Waals surface area (Å²) in [6.45, 7) is 4.86. The van der Waals surface area contributed by atoms with Crippen LogP contribution in [0.5, 0.6) is 0 Å². The number of hydrogen-bond acceptors (Lipinski definition) is 3. The van der Waals surface area contributed by atoms with Crippen molar-refractivity contribution in [1.82, 2.24) is 5.32 Å². The summed E-state index contributed by atoms with van der Waals surface area (Å²) in [4.78, 5) is 0. The van der Waals surface area contributed by atoms with Gasteiger partial charge in [-0.2, -0.15) is 0 Å². The molecule has 0 saturated carbocycles. The van der Waals surface area contributed by atoms with Crippen LogP contribution in [0.25, 0.3) is 0 Å². The number of hydrogen-bond donors (Lipinski definition) is 2. The van der Waals surface area contributed by atoms with Crippen molar-refractivity contribution in [1.29, 1.82) is 0 Å². The highest BCUT2D eigenvalue weighted by molar-refractivity contribution is 5.12. The van der Waals surface area contributed by atoms with E-state index in [-0.39, 0.29) is 6.61 Å². The molecule has 1 aliphatic carbocycles. The molecule has 3 atom stereocenters. The summed E-state index contributed by atoms with van der Waals surface area (Å²) in [5, 5.41) is 11.9. The average Bonchev–Trinajstić information content (AvgIpc) is 2.26. The lowest BCUT2D eigenvalue weighted by Gasteiger charge is -2.40. The van der Waals surface area contributed by atoms with Crippen LogP contribution < -0.4 is 5.32 Å². The van der Waals surface area contributed by atoms with Crippen LogP contribution in [0.4, 0.5) is 0 Å². The summed E-state index contributed by atoms with van der Waals surface area (Å²) >= 11 is 0. The molecule has 0 aromatic rings. The van der Waals surface area contributed by atoms with Crippen LogP contribution in [0, 0.1) is 11.8 Å². The fourth-order valence-electron chi connectivity index (χ4n) is 2.63. The van der Waals surface area contributed by atoms with Crippen LogP contribution >= 0.6 is 0 Å². The molecule has 0 aromatic heterocycles. The molecule has 2 aliphatic rings. The maximum absolute atomic E-state index is 8.71. The van der Waals surface area contributed by atoms with Crippen molar-refractivity contribution in [3.8, 4) is 0 Å². The second kappa shape index (κ2) is 5.10. The zero-order valence-electron chi connectivity index (χ0n) is 9.41. The minimum absolute atomic E-state index is 0.203. The summed E-state index contributed by atoms with van der Waals surface area (Å²) in [6, 6.07) is 0. The van der Waals surface area contributed by atoms with E-state index < -0.39 is 0 Å². The van der Waals surface area contributed by atoms with Gasteiger partial charge in [0.05, 0.1) is 19.3 Å². The molecule has 2 rings (SSSR count). The van der Waals surface area contributed by atoms with Crippen molar-refractivity contribution < 1.29 is 9.84 Å². The van der Waals surface area contributed by atoms with Gasteiger partial charge in [-0.15, -0.1) is 0 Å². The van der Waals surface area contributed by atoms with E-state index in [0.717, 1.165) is 19.1 Å². The summed E-state index contributed by atoms with van der Waals surface area (Å²) in [5.74, 6) is 1.34. The molecule has 0 radical (unpaired) electrons. The molecule has 1 unspecified atom stereocenters. The number of allylic oxidation sites excluding steroid dienone is 1. The van der Waals surface area contributed by atoms with E-state index in [0.29, 0.717) is 18.6 Å². The highest BCUT2D eigenvalue weighted by Crippen LogP contribution is 2.36. The third-order valence-corrected chi connectivity index (χ3v) is 3.57. The molecule has 3 nitrogen and oxygen atoms in total. The molecule has 86 valence electrons. The van der Waals surface area contributed by atoms with E-state index in [2.05, 4.69) is 18.3 Å². The van der Waals surface area contributed by atoms with Crippen LogP contribution in [-0.2, 0) is 4.74 Å². The highest BCUT2D eigenvalue weighted by atomic mass is 16.5. The highest BCUT2D eigenvalue weighted by Gasteiger charge is 2.34. The number of aliphatic hydroxyl groups excluding tert-OH is 1. The van der Waals surface area contributed by atoms with E-state index in [1.807, 2.05) is 0 Å². The quantitative estimate of drug-likeness (QED) is 0.537. The number of ether oxygens (including phenoxy) is 1. The summed E-state index contributed by atoms with van der Waals surface area (Å²) < 4.78 is 5.88. The lowest BCUT2D eigenvalue weighted by molar-refractivity contribution is -0.0477. The van der Waals surface area contributed by atoms with Crippen LogP contribution in [0.15, 0.2) is 11.6 Å². The van der Waals surface area contributed by atoms with Gasteiger partial charge in [0, 0.05) is 19.0 Å².